The zero-order chi connectivity index (χ0) is 10.3. The third-order valence-corrected chi connectivity index (χ3v) is 1.50. The van der Waals surface area contributed by atoms with Crippen molar-refractivity contribution in [2.75, 3.05) is 20.6 Å². The molecule has 0 saturated carbocycles. The fourth-order valence-corrected chi connectivity index (χ4v) is 0.859. The zero-order valence-corrected chi connectivity index (χ0v) is 8.82. The van der Waals surface area contributed by atoms with Crippen LogP contribution < -0.4 is 0 Å². The van der Waals surface area contributed by atoms with Crippen LogP contribution in [0.4, 0.5) is 4.79 Å². The molecule has 0 N–H and O–H groups in total. The molecule has 0 aliphatic rings. The van der Waals surface area contributed by atoms with Gasteiger partial charge in [0, 0.05) is 26.8 Å². The van der Waals surface area contributed by atoms with Gasteiger partial charge in [0.25, 0.3) is 0 Å². The third kappa shape index (κ3) is 4.35. The molecule has 0 rings (SSSR count). The lowest BCUT2D eigenvalue weighted by Crippen LogP contribution is -2.35. The Kier molecular flexibility index (Phi) is 5.68. The van der Waals surface area contributed by atoms with E-state index in [1.54, 1.807) is 30.1 Å². The van der Waals surface area contributed by atoms with Gasteiger partial charge in [0.05, 0.1) is 0 Å². The second-order valence-corrected chi connectivity index (χ2v) is 2.88. The van der Waals surface area contributed by atoms with Crippen molar-refractivity contribution in [2.45, 2.75) is 13.8 Å². The average Bonchev–Trinajstić information content (AvgIpc) is 2.11. The number of carbonyl (C=O) groups is 1. The van der Waals surface area contributed by atoms with E-state index in [1.165, 1.54) is 0 Å². The van der Waals surface area contributed by atoms with Crippen molar-refractivity contribution in [3.8, 4) is 0 Å². The van der Waals surface area contributed by atoms with Gasteiger partial charge in [-0.2, -0.15) is 0 Å². The van der Waals surface area contributed by atoms with Gasteiger partial charge in [-0.15, -0.1) is 0 Å². The first kappa shape index (κ1) is 11.8. The highest BCUT2D eigenvalue weighted by molar-refractivity contribution is 5.75. The fraction of sp³-hybridized carbons (Fsp3) is 0.500. The van der Waals surface area contributed by atoms with Crippen molar-refractivity contribution < 1.29 is 4.79 Å². The number of hydrogen-bond acceptors (Lipinski definition) is 1. The fourth-order valence-electron chi connectivity index (χ4n) is 0.859. The van der Waals surface area contributed by atoms with E-state index in [9.17, 15) is 4.79 Å². The summed E-state index contributed by atoms with van der Waals surface area (Å²) < 4.78 is 0. The quantitative estimate of drug-likeness (QED) is 0.613. The monoisotopic (exact) mass is 182 g/mol. The molecule has 0 bridgehead atoms. The van der Waals surface area contributed by atoms with Gasteiger partial charge in [0.15, 0.2) is 0 Å². The van der Waals surface area contributed by atoms with E-state index in [4.69, 9.17) is 0 Å². The van der Waals surface area contributed by atoms with Crippen molar-refractivity contribution >= 4 is 6.03 Å². The van der Waals surface area contributed by atoms with E-state index < -0.39 is 0 Å². The topological polar surface area (TPSA) is 23.6 Å². The van der Waals surface area contributed by atoms with Gasteiger partial charge in [0.2, 0.25) is 0 Å². The van der Waals surface area contributed by atoms with Gasteiger partial charge in [0.1, 0.15) is 0 Å². The zero-order valence-electron chi connectivity index (χ0n) is 8.82. The Morgan fingerprint density at radius 1 is 1.23 bits per heavy atom. The minimum atomic E-state index is -0.00352. The number of nitrogens with zero attached hydrogens (tertiary/aromatic N) is 2. The van der Waals surface area contributed by atoms with Crippen LogP contribution in [0.15, 0.2) is 24.4 Å². The van der Waals surface area contributed by atoms with Crippen LogP contribution in [-0.2, 0) is 0 Å². The molecule has 3 heteroatoms. The molecule has 0 aromatic carbocycles. The third-order valence-electron chi connectivity index (χ3n) is 1.50. The Balaban J connectivity index is 4.32. The van der Waals surface area contributed by atoms with Gasteiger partial charge < -0.3 is 4.90 Å². The van der Waals surface area contributed by atoms with Crippen LogP contribution in [0.1, 0.15) is 13.8 Å². The summed E-state index contributed by atoms with van der Waals surface area (Å²) in [5.41, 5.74) is 0. The summed E-state index contributed by atoms with van der Waals surface area (Å²) in [5.74, 6) is 0. The van der Waals surface area contributed by atoms with Crippen LogP contribution >= 0.6 is 0 Å². The molecule has 0 heterocycles. The van der Waals surface area contributed by atoms with E-state index in [1.807, 2.05) is 32.1 Å². The highest BCUT2D eigenvalue weighted by Gasteiger charge is 2.09. The lowest BCUT2D eigenvalue weighted by atomic mass is 10.4. The van der Waals surface area contributed by atoms with Crippen LogP contribution in [0.3, 0.4) is 0 Å². The number of hydrogen-bond donors (Lipinski definition) is 0. The summed E-state index contributed by atoms with van der Waals surface area (Å²) in [6.45, 7) is 4.46. The Morgan fingerprint density at radius 2 is 1.85 bits per heavy atom. The second-order valence-electron chi connectivity index (χ2n) is 2.88. The first-order valence-electron chi connectivity index (χ1n) is 4.35. The second kappa shape index (κ2) is 6.29. The van der Waals surface area contributed by atoms with E-state index >= 15 is 0 Å². The number of amides is 2. The van der Waals surface area contributed by atoms with Gasteiger partial charge in [-0.3, -0.25) is 4.90 Å². The largest absolute Gasteiger partial charge is 0.330 e. The minimum Gasteiger partial charge on any atom is -0.330 e. The highest BCUT2D eigenvalue weighted by atomic mass is 16.2. The number of carbonyl (C=O) groups excluding carboxylic acids is 1. The van der Waals surface area contributed by atoms with E-state index in [-0.39, 0.29) is 6.03 Å². The molecule has 0 spiro atoms. The van der Waals surface area contributed by atoms with E-state index in [0.29, 0.717) is 6.54 Å². The maximum atomic E-state index is 11.5. The van der Waals surface area contributed by atoms with Gasteiger partial charge in [-0.05, 0) is 13.8 Å². The summed E-state index contributed by atoms with van der Waals surface area (Å²) in [6.07, 6.45) is 7.51. The van der Waals surface area contributed by atoms with Crippen LogP contribution in [0.2, 0.25) is 0 Å². The Morgan fingerprint density at radius 3 is 2.23 bits per heavy atom. The molecule has 0 aromatic rings. The molecule has 2 amide bonds. The molecule has 0 saturated heterocycles. The molecule has 0 aliphatic heterocycles. The van der Waals surface area contributed by atoms with Gasteiger partial charge >= 0.3 is 6.03 Å². The van der Waals surface area contributed by atoms with Crippen LogP contribution in [0.25, 0.3) is 0 Å². The van der Waals surface area contributed by atoms with Gasteiger partial charge in [-0.1, -0.05) is 18.2 Å². The Labute approximate surface area is 80.3 Å². The molecule has 0 radical (unpaired) electrons. The average molecular weight is 182 g/mol. The van der Waals surface area contributed by atoms with Crippen molar-refractivity contribution in [1.82, 2.24) is 9.80 Å². The lowest BCUT2D eigenvalue weighted by Gasteiger charge is -2.21. The number of rotatable bonds is 3. The van der Waals surface area contributed by atoms with E-state index in [2.05, 4.69) is 0 Å². The summed E-state index contributed by atoms with van der Waals surface area (Å²) >= 11 is 0. The van der Waals surface area contributed by atoms with Gasteiger partial charge in [-0.25, -0.2) is 4.79 Å². The molecule has 0 unspecified atom stereocenters. The summed E-state index contributed by atoms with van der Waals surface area (Å²) in [6, 6.07) is -0.00352. The normalized spacial score (nSPS) is 11.1. The number of allylic oxidation sites excluding steroid dienone is 2. The summed E-state index contributed by atoms with van der Waals surface area (Å²) in [4.78, 5) is 14.7. The number of urea groups is 1. The maximum Gasteiger partial charge on any atom is 0.323 e. The van der Waals surface area contributed by atoms with Crippen LogP contribution in [0.5, 0.6) is 0 Å². The van der Waals surface area contributed by atoms with Crippen LogP contribution in [-0.4, -0.2) is 36.5 Å². The predicted octanol–water partition coefficient (Wildman–Crippen LogP) is 2.08. The van der Waals surface area contributed by atoms with Crippen LogP contribution in [0, 0.1) is 0 Å². The van der Waals surface area contributed by atoms with Crippen molar-refractivity contribution in [1.29, 1.82) is 0 Å². The van der Waals surface area contributed by atoms with E-state index in [0.717, 1.165) is 0 Å². The standard InChI is InChI=1S/C10H18N2O/c1-5-7-9-12(8-6-2)10(13)11(3)4/h5-8H,9H2,1-4H3/b7-5+,8-6+. The SMILES string of the molecule is C/C=C/CN(/C=C/C)C(=O)N(C)C. The molecule has 0 aromatic heterocycles. The minimum absolute atomic E-state index is 0.00352. The molecule has 0 fully saturated rings. The molecule has 13 heavy (non-hydrogen) atoms. The molecule has 3 nitrogen and oxygen atoms in total. The van der Waals surface area contributed by atoms with Crippen molar-refractivity contribution in [3.63, 3.8) is 0 Å². The summed E-state index contributed by atoms with van der Waals surface area (Å²) in [5, 5.41) is 0. The predicted molar refractivity (Wildman–Crippen MR) is 55.4 cm³/mol. The summed E-state index contributed by atoms with van der Waals surface area (Å²) in [7, 11) is 3.49. The molecule has 0 atom stereocenters. The lowest BCUT2D eigenvalue weighted by molar-refractivity contribution is 0.192. The van der Waals surface area contributed by atoms with Crippen molar-refractivity contribution in [3.05, 3.63) is 24.4 Å². The molecule has 0 aliphatic carbocycles. The Hall–Kier alpha value is -1.25. The molecular weight excluding hydrogens is 164 g/mol. The van der Waals surface area contributed by atoms with Crippen molar-refractivity contribution in [2.24, 2.45) is 0 Å². The molecular formula is C10H18N2O. The smallest absolute Gasteiger partial charge is 0.323 e. The Bertz CT molecular complexity index is 207. The molecule has 74 valence electrons. The highest BCUT2D eigenvalue weighted by Crippen LogP contribution is 1.96. The maximum absolute atomic E-state index is 11.5. The first-order valence-corrected chi connectivity index (χ1v) is 4.35. The first-order chi connectivity index (χ1) is 6.13.